The standard InChI is InChI=1S/C25H29F5N6O2/c1-37-19-13-17-21(20(27)22(19)38-2)33-24(34-23(17)31)36-11-9-35(10-12-36)8-7-18(32-14-25(28,29)30)15-3-5-16(26)6-4-15/h3-6,13,18,32H,7-12,14H2,1-2H3,(H2,31,33,34)/t18-/m1/s1. The number of nitrogens with one attached hydrogen (secondary N) is 1. The maximum absolute atomic E-state index is 15.1. The van der Waals surface area contributed by atoms with Crippen LogP contribution in [0, 0.1) is 11.6 Å². The first kappa shape index (κ1) is 27.6. The lowest BCUT2D eigenvalue weighted by molar-refractivity contribution is -0.126. The molecule has 1 atom stereocenters. The van der Waals surface area contributed by atoms with Gasteiger partial charge in [0.25, 0.3) is 0 Å². The lowest BCUT2D eigenvalue weighted by atomic mass is 10.0. The van der Waals surface area contributed by atoms with Crippen LogP contribution in [0.4, 0.5) is 33.7 Å². The average molecular weight is 541 g/mol. The van der Waals surface area contributed by atoms with Crippen molar-refractivity contribution in [2.45, 2.75) is 18.6 Å². The van der Waals surface area contributed by atoms with E-state index in [1.54, 1.807) is 0 Å². The van der Waals surface area contributed by atoms with Crippen molar-refractivity contribution in [3.63, 3.8) is 0 Å². The Hall–Kier alpha value is -3.45. The van der Waals surface area contributed by atoms with Gasteiger partial charge in [-0.25, -0.2) is 13.8 Å². The molecule has 1 aliphatic rings. The van der Waals surface area contributed by atoms with Crippen molar-refractivity contribution < 1.29 is 31.4 Å². The number of fused-ring (bicyclic) bond motifs is 1. The van der Waals surface area contributed by atoms with Gasteiger partial charge in [0.1, 0.15) is 17.2 Å². The van der Waals surface area contributed by atoms with E-state index < -0.39 is 30.4 Å². The summed E-state index contributed by atoms with van der Waals surface area (Å²) in [6, 6.07) is 6.39. The molecule has 0 aliphatic carbocycles. The number of nitrogens with two attached hydrogens (primary N) is 1. The summed E-state index contributed by atoms with van der Waals surface area (Å²) in [4.78, 5) is 12.7. The summed E-state index contributed by atoms with van der Waals surface area (Å²) >= 11 is 0. The SMILES string of the molecule is COc1cc2c(N)nc(N3CCN(CC[C@@H](NCC(F)(F)F)c4ccc(F)cc4)CC3)nc2c(F)c1OC. The van der Waals surface area contributed by atoms with Crippen LogP contribution < -0.4 is 25.4 Å². The summed E-state index contributed by atoms with van der Waals surface area (Å²) < 4.78 is 77.2. The molecule has 8 nitrogen and oxygen atoms in total. The third kappa shape index (κ3) is 6.33. The quantitative estimate of drug-likeness (QED) is 0.395. The van der Waals surface area contributed by atoms with Crippen LogP contribution in [-0.2, 0) is 0 Å². The van der Waals surface area contributed by atoms with Crippen LogP contribution in [-0.4, -0.2) is 74.5 Å². The number of benzene rings is 2. The molecule has 0 radical (unpaired) electrons. The molecule has 38 heavy (non-hydrogen) atoms. The van der Waals surface area contributed by atoms with E-state index in [2.05, 4.69) is 20.2 Å². The predicted molar refractivity (Wildman–Crippen MR) is 133 cm³/mol. The number of nitrogens with zero attached hydrogens (tertiary/aromatic N) is 4. The van der Waals surface area contributed by atoms with Gasteiger partial charge >= 0.3 is 6.18 Å². The number of alkyl halides is 3. The van der Waals surface area contributed by atoms with Gasteiger partial charge in [0, 0.05) is 44.2 Å². The molecule has 206 valence electrons. The molecule has 1 aromatic heterocycles. The van der Waals surface area contributed by atoms with Gasteiger partial charge in [-0.15, -0.1) is 0 Å². The van der Waals surface area contributed by atoms with Gasteiger partial charge in [-0.3, -0.25) is 4.90 Å². The molecule has 2 heterocycles. The van der Waals surface area contributed by atoms with Gasteiger partial charge in [-0.2, -0.15) is 18.2 Å². The Morgan fingerprint density at radius 3 is 2.32 bits per heavy atom. The summed E-state index contributed by atoms with van der Waals surface area (Å²) in [6.07, 6.45) is -3.96. The van der Waals surface area contributed by atoms with Crippen molar-refractivity contribution in [3.8, 4) is 11.5 Å². The fourth-order valence-corrected chi connectivity index (χ4v) is 4.48. The first-order valence-electron chi connectivity index (χ1n) is 12.0. The van der Waals surface area contributed by atoms with Gasteiger partial charge in [0.2, 0.25) is 5.95 Å². The normalized spacial score (nSPS) is 15.6. The van der Waals surface area contributed by atoms with E-state index in [4.69, 9.17) is 15.2 Å². The summed E-state index contributed by atoms with van der Waals surface area (Å²) in [5, 5.41) is 2.85. The topological polar surface area (TPSA) is 88.8 Å². The minimum atomic E-state index is -4.36. The maximum atomic E-state index is 15.1. The van der Waals surface area contributed by atoms with Crippen LogP contribution in [0.5, 0.6) is 11.5 Å². The number of methoxy groups -OCH3 is 2. The molecule has 1 fully saturated rings. The number of nitrogen functional groups attached to an aromatic ring is 1. The second-order valence-electron chi connectivity index (χ2n) is 8.95. The summed E-state index contributed by atoms with van der Waals surface area (Å²) in [5.74, 6) is -0.675. The van der Waals surface area contributed by atoms with Crippen molar-refractivity contribution in [2.75, 3.05) is 64.1 Å². The Balaban J connectivity index is 1.42. The van der Waals surface area contributed by atoms with Crippen molar-refractivity contribution in [2.24, 2.45) is 0 Å². The number of piperazine rings is 1. The highest BCUT2D eigenvalue weighted by molar-refractivity contribution is 5.92. The minimum Gasteiger partial charge on any atom is -0.493 e. The second kappa shape index (κ2) is 11.5. The van der Waals surface area contributed by atoms with Crippen LogP contribution in [0.1, 0.15) is 18.0 Å². The lowest BCUT2D eigenvalue weighted by Crippen LogP contribution is -2.47. The zero-order valence-electron chi connectivity index (χ0n) is 21.0. The fourth-order valence-electron chi connectivity index (χ4n) is 4.48. The first-order chi connectivity index (χ1) is 18.1. The smallest absolute Gasteiger partial charge is 0.401 e. The van der Waals surface area contributed by atoms with Crippen molar-refractivity contribution in [1.82, 2.24) is 20.2 Å². The zero-order chi connectivity index (χ0) is 27.4. The fraction of sp³-hybridized carbons (Fsp3) is 0.440. The minimum absolute atomic E-state index is 0.0189. The number of aromatic nitrogens is 2. The zero-order valence-corrected chi connectivity index (χ0v) is 21.0. The van der Waals surface area contributed by atoms with Crippen LogP contribution in [0.25, 0.3) is 10.9 Å². The molecule has 0 spiro atoms. The molecule has 1 aliphatic heterocycles. The van der Waals surface area contributed by atoms with Gasteiger partial charge in [-0.1, -0.05) is 12.1 Å². The number of rotatable bonds is 9. The van der Waals surface area contributed by atoms with E-state index in [0.29, 0.717) is 50.1 Å². The molecule has 2 aromatic carbocycles. The third-order valence-electron chi connectivity index (χ3n) is 6.50. The third-order valence-corrected chi connectivity index (χ3v) is 6.50. The number of halogens is 5. The number of hydrogen-bond acceptors (Lipinski definition) is 8. The van der Waals surface area contributed by atoms with Gasteiger partial charge in [-0.05, 0) is 30.2 Å². The summed E-state index contributed by atoms with van der Waals surface area (Å²) in [6.45, 7) is 1.58. The van der Waals surface area contributed by atoms with E-state index in [9.17, 15) is 17.6 Å². The monoisotopic (exact) mass is 540 g/mol. The molecule has 0 bridgehead atoms. The van der Waals surface area contributed by atoms with Gasteiger partial charge < -0.3 is 25.4 Å². The summed E-state index contributed by atoms with van der Waals surface area (Å²) in [7, 11) is 2.72. The van der Waals surface area contributed by atoms with Crippen molar-refractivity contribution in [1.29, 1.82) is 0 Å². The maximum Gasteiger partial charge on any atom is 0.401 e. The molecule has 1 saturated heterocycles. The molecule has 13 heteroatoms. The molecular formula is C25H29F5N6O2. The van der Waals surface area contributed by atoms with E-state index in [0.717, 1.165) is 0 Å². The summed E-state index contributed by atoms with van der Waals surface area (Å²) in [5.41, 5.74) is 6.72. The van der Waals surface area contributed by atoms with Crippen molar-refractivity contribution in [3.05, 3.63) is 47.5 Å². The Morgan fingerprint density at radius 1 is 1.03 bits per heavy atom. The van der Waals surface area contributed by atoms with Crippen LogP contribution in [0.2, 0.25) is 0 Å². The van der Waals surface area contributed by atoms with Gasteiger partial charge in [0.05, 0.1) is 20.8 Å². The first-order valence-corrected chi connectivity index (χ1v) is 12.0. The van der Waals surface area contributed by atoms with E-state index in [1.165, 1.54) is 44.6 Å². The lowest BCUT2D eigenvalue weighted by Gasteiger charge is -2.35. The van der Waals surface area contributed by atoms with Gasteiger partial charge in [0.15, 0.2) is 17.3 Å². The highest BCUT2D eigenvalue weighted by Crippen LogP contribution is 2.37. The average Bonchev–Trinajstić information content (AvgIpc) is 2.89. The number of ether oxygens (including phenoxy) is 2. The van der Waals surface area contributed by atoms with E-state index >= 15 is 4.39 Å². The largest absolute Gasteiger partial charge is 0.493 e. The Kier molecular flexibility index (Phi) is 8.36. The molecule has 3 N–H and O–H groups in total. The molecule has 0 amide bonds. The molecular weight excluding hydrogens is 511 g/mol. The predicted octanol–water partition coefficient (Wildman–Crippen LogP) is 3.91. The molecule has 3 aromatic rings. The number of hydrogen-bond donors (Lipinski definition) is 2. The highest BCUT2D eigenvalue weighted by atomic mass is 19.4. The Morgan fingerprint density at radius 2 is 1.71 bits per heavy atom. The van der Waals surface area contributed by atoms with E-state index in [1.807, 2.05) is 4.90 Å². The van der Waals surface area contributed by atoms with E-state index in [-0.39, 0.29) is 28.8 Å². The number of anilines is 2. The van der Waals surface area contributed by atoms with Crippen LogP contribution in [0.3, 0.4) is 0 Å². The van der Waals surface area contributed by atoms with Crippen LogP contribution >= 0.6 is 0 Å². The molecule has 0 saturated carbocycles. The highest BCUT2D eigenvalue weighted by Gasteiger charge is 2.29. The Labute approximate surface area is 216 Å². The van der Waals surface area contributed by atoms with Crippen LogP contribution in [0.15, 0.2) is 30.3 Å². The Bertz CT molecular complexity index is 1250. The second-order valence-corrected chi connectivity index (χ2v) is 8.95. The molecule has 4 rings (SSSR count). The van der Waals surface area contributed by atoms with Crippen molar-refractivity contribution >= 4 is 22.7 Å². The molecule has 0 unspecified atom stereocenters.